The maximum absolute atomic E-state index is 5.70. The summed E-state index contributed by atoms with van der Waals surface area (Å²) in [6, 6.07) is 7.91. The lowest BCUT2D eigenvalue weighted by Gasteiger charge is -2.21. The Morgan fingerprint density at radius 1 is 1.30 bits per heavy atom. The van der Waals surface area contributed by atoms with E-state index < -0.39 is 0 Å². The second kappa shape index (κ2) is 5.17. The Labute approximate surface area is 123 Å². The van der Waals surface area contributed by atoms with Crippen LogP contribution in [0.2, 0.25) is 0 Å². The van der Waals surface area contributed by atoms with Gasteiger partial charge in [0, 0.05) is 29.6 Å². The van der Waals surface area contributed by atoms with Crippen LogP contribution in [0.1, 0.15) is 23.2 Å². The molecule has 0 aliphatic heterocycles. The van der Waals surface area contributed by atoms with Gasteiger partial charge in [0.25, 0.3) is 0 Å². The molecule has 2 N–H and O–H groups in total. The summed E-state index contributed by atoms with van der Waals surface area (Å²) >= 11 is 5.04. The van der Waals surface area contributed by atoms with Crippen molar-refractivity contribution in [2.24, 2.45) is 5.73 Å². The minimum atomic E-state index is 0.410. The van der Waals surface area contributed by atoms with Crippen LogP contribution in [0.5, 0.6) is 0 Å². The zero-order valence-electron chi connectivity index (χ0n) is 11.3. The van der Waals surface area contributed by atoms with Crippen LogP contribution in [0.15, 0.2) is 30.6 Å². The molecule has 0 spiro atoms. The number of fused-ring (bicyclic) bond motifs is 1. The van der Waals surface area contributed by atoms with Gasteiger partial charge >= 0.3 is 0 Å². The number of hydrogen-bond acceptors (Lipinski definition) is 4. The predicted molar refractivity (Wildman–Crippen MR) is 84.4 cm³/mol. The van der Waals surface area contributed by atoms with Gasteiger partial charge in [-0.1, -0.05) is 24.4 Å². The first-order valence-electron chi connectivity index (χ1n) is 6.63. The largest absolute Gasteiger partial charge is 0.389 e. The standard InChI is InChI=1S/C15H16N4S/c1-19(11-5-2-4-10(8-11)14(16)20)15-12-6-3-7-13(12)17-9-18-15/h2,4-5,8-9H,3,6-7H2,1H3,(H2,16,20). The highest BCUT2D eigenvalue weighted by Gasteiger charge is 2.20. The van der Waals surface area contributed by atoms with E-state index in [0.717, 1.165) is 36.3 Å². The molecule has 1 aliphatic carbocycles. The number of thiocarbonyl (C=S) groups is 1. The number of aryl methyl sites for hydroxylation is 1. The molecule has 1 heterocycles. The summed E-state index contributed by atoms with van der Waals surface area (Å²) in [6.07, 6.45) is 4.89. The Hall–Kier alpha value is -2.01. The summed E-state index contributed by atoms with van der Waals surface area (Å²) in [4.78, 5) is 11.3. The highest BCUT2D eigenvalue weighted by Crippen LogP contribution is 2.31. The molecule has 20 heavy (non-hydrogen) atoms. The Balaban J connectivity index is 2.01. The van der Waals surface area contributed by atoms with E-state index >= 15 is 0 Å². The summed E-state index contributed by atoms with van der Waals surface area (Å²) in [5.74, 6) is 0.979. The van der Waals surface area contributed by atoms with E-state index in [0.29, 0.717) is 4.99 Å². The Bertz CT molecular complexity index is 669. The minimum Gasteiger partial charge on any atom is -0.389 e. The Kier molecular flexibility index (Phi) is 3.36. The van der Waals surface area contributed by atoms with E-state index in [9.17, 15) is 0 Å². The Morgan fingerprint density at radius 2 is 2.15 bits per heavy atom. The van der Waals surface area contributed by atoms with Gasteiger partial charge < -0.3 is 10.6 Å². The maximum Gasteiger partial charge on any atom is 0.139 e. The summed E-state index contributed by atoms with van der Waals surface area (Å²) < 4.78 is 0. The van der Waals surface area contributed by atoms with Crippen molar-refractivity contribution in [1.82, 2.24) is 9.97 Å². The molecule has 0 radical (unpaired) electrons. The molecule has 0 fully saturated rings. The third-order valence-electron chi connectivity index (χ3n) is 3.69. The van der Waals surface area contributed by atoms with Gasteiger partial charge in [0.05, 0.1) is 0 Å². The highest BCUT2D eigenvalue weighted by atomic mass is 32.1. The SMILES string of the molecule is CN(c1cccc(C(N)=S)c1)c1ncnc2c1CCC2. The second-order valence-corrected chi connectivity index (χ2v) is 5.39. The average molecular weight is 284 g/mol. The summed E-state index contributed by atoms with van der Waals surface area (Å²) in [7, 11) is 2.01. The molecule has 5 heteroatoms. The van der Waals surface area contributed by atoms with Crippen molar-refractivity contribution in [2.75, 3.05) is 11.9 Å². The molecule has 1 aliphatic rings. The Morgan fingerprint density at radius 3 is 2.95 bits per heavy atom. The van der Waals surface area contributed by atoms with Gasteiger partial charge in [0.1, 0.15) is 17.1 Å². The molecule has 1 aromatic carbocycles. The van der Waals surface area contributed by atoms with E-state index in [1.807, 2.05) is 31.3 Å². The first-order valence-corrected chi connectivity index (χ1v) is 7.04. The highest BCUT2D eigenvalue weighted by molar-refractivity contribution is 7.80. The van der Waals surface area contributed by atoms with Crippen LogP contribution in [-0.2, 0) is 12.8 Å². The van der Waals surface area contributed by atoms with E-state index in [4.69, 9.17) is 18.0 Å². The number of nitrogens with zero attached hydrogens (tertiary/aromatic N) is 3. The van der Waals surface area contributed by atoms with Crippen LogP contribution in [0.3, 0.4) is 0 Å². The van der Waals surface area contributed by atoms with Crippen molar-refractivity contribution in [2.45, 2.75) is 19.3 Å². The lowest BCUT2D eigenvalue weighted by atomic mass is 10.1. The lowest BCUT2D eigenvalue weighted by Crippen LogP contribution is -2.16. The molecule has 1 aromatic heterocycles. The summed E-state index contributed by atoms with van der Waals surface area (Å²) in [5.41, 5.74) is 10.0. The molecular weight excluding hydrogens is 268 g/mol. The van der Waals surface area contributed by atoms with E-state index in [2.05, 4.69) is 14.9 Å². The van der Waals surface area contributed by atoms with Gasteiger partial charge in [-0.05, 0) is 31.4 Å². The van der Waals surface area contributed by atoms with Crippen molar-refractivity contribution < 1.29 is 0 Å². The van der Waals surface area contributed by atoms with Gasteiger partial charge in [-0.2, -0.15) is 0 Å². The van der Waals surface area contributed by atoms with Crippen LogP contribution >= 0.6 is 12.2 Å². The van der Waals surface area contributed by atoms with Gasteiger partial charge in [0.15, 0.2) is 0 Å². The number of nitrogens with two attached hydrogens (primary N) is 1. The number of rotatable bonds is 3. The molecule has 0 saturated heterocycles. The number of aromatic nitrogens is 2. The van der Waals surface area contributed by atoms with E-state index in [-0.39, 0.29) is 0 Å². The maximum atomic E-state index is 5.70. The fourth-order valence-corrected chi connectivity index (χ4v) is 2.75. The zero-order valence-corrected chi connectivity index (χ0v) is 12.2. The van der Waals surface area contributed by atoms with Gasteiger partial charge in [-0.3, -0.25) is 0 Å². The van der Waals surface area contributed by atoms with Gasteiger partial charge in [-0.15, -0.1) is 0 Å². The van der Waals surface area contributed by atoms with Gasteiger partial charge in [-0.25, -0.2) is 9.97 Å². The van der Waals surface area contributed by atoms with E-state index in [1.165, 1.54) is 11.3 Å². The monoisotopic (exact) mass is 284 g/mol. The van der Waals surface area contributed by atoms with Crippen LogP contribution < -0.4 is 10.6 Å². The number of benzene rings is 1. The normalized spacial score (nSPS) is 13.1. The fraction of sp³-hybridized carbons (Fsp3) is 0.267. The van der Waals surface area contributed by atoms with Crippen LogP contribution in [-0.4, -0.2) is 22.0 Å². The number of hydrogen-bond donors (Lipinski definition) is 1. The molecule has 0 atom stereocenters. The molecule has 0 saturated carbocycles. The first kappa shape index (κ1) is 13.0. The lowest BCUT2D eigenvalue weighted by molar-refractivity contribution is 0.899. The number of anilines is 2. The van der Waals surface area contributed by atoms with Crippen molar-refractivity contribution in [3.63, 3.8) is 0 Å². The van der Waals surface area contributed by atoms with Crippen molar-refractivity contribution in [3.8, 4) is 0 Å². The fourth-order valence-electron chi connectivity index (χ4n) is 2.62. The van der Waals surface area contributed by atoms with Crippen molar-refractivity contribution in [1.29, 1.82) is 0 Å². The van der Waals surface area contributed by atoms with Crippen molar-refractivity contribution >= 4 is 28.7 Å². The van der Waals surface area contributed by atoms with Crippen LogP contribution in [0.4, 0.5) is 11.5 Å². The molecule has 102 valence electrons. The second-order valence-electron chi connectivity index (χ2n) is 4.95. The molecule has 2 aromatic rings. The van der Waals surface area contributed by atoms with Crippen LogP contribution in [0.25, 0.3) is 0 Å². The molecule has 0 bridgehead atoms. The molecule has 3 rings (SSSR count). The first-order chi connectivity index (χ1) is 9.66. The predicted octanol–water partition coefficient (Wildman–Crippen LogP) is 2.37. The minimum absolute atomic E-state index is 0.410. The molecular formula is C15H16N4S. The third kappa shape index (κ3) is 2.25. The molecule has 4 nitrogen and oxygen atoms in total. The van der Waals surface area contributed by atoms with E-state index in [1.54, 1.807) is 6.33 Å². The molecule has 0 unspecified atom stereocenters. The quantitative estimate of drug-likeness (QED) is 0.877. The van der Waals surface area contributed by atoms with Crippen molar-refractivity contribution in [3.05, 3.63) is 47.4 Å². The summed E-state index contributed by atoms with van der Waals surface area (Å²) in [5, 5.41) is 0. The van der Waals surface area contributed by atoms with Crippen LogP contribution in [0, 0.1) is 0 Å². The average Bonchev–Trinajstić information content (AvgIpc) is 2.95. The smallest absolute Gasteiger partial charge is 0.139 e. The molecule has 0 amide bonds. The third-order valence-corrected chi connectivity index (χ3v) is 3.92. The topological polar surface area (TPSA) is 55.0 Å². The summed E-state index contributed by atoms with van der Waals surface area (Å²) in [6.45, 7) is 0. The van der Waals surface area contributed by atoms with Gasteiger partial charge in [0.2, 0.25) is 0 Å². The zero-order chi connectivity index (χ0) is 14.1.